The van der Waals surface area contributed by atoms with E-state index in [1.54, 1.807) is 0 Å². The maximum Gasteiger partial charge on any atom is 0.244 e. The molecule has 0 spiro atoms. The van der Waals surface area contributed by atoms with E-state index >= 15 is 0 Å². The minimum absolute atomic E-state index is 0.0889. The summed E-state index contributed by atoms with van der Waals surface area (Å²) in [5.74, 6) is 0.942. The second-order valence-electron chi connectivity index (χ2n) is 4.77. The molecule has 118 valence electrons. The van der Waals surface area contributed by atoms with E-state index in [0.29, 0.717) is 28.9 Å². The van der Waals surface area contributed by atoms with Gasteiger partial charge in [-0.15, -0.1) is 11.6 Å². The van der Waals surface area contributed by atoms with E-state index < -0.39 is 10.0 Å². The number of rotatable bonds is 4. The zero-order chi connectivity index (χ0) is 15.6. The van der Waals surface area contributed by atoms with Crippen LogP contribution in [-0.4, -0.2) is 36.8 Å². The van der Waals surface area contributed by atoms with E-state index in [2.05, 4.69) is 6.92 Å². The van der Waals surface area contributed by atoms with Crippen molar-refractivity contribution in [1.82, 2.24) is 4.31 Å². The van der Waals surface area contributed by atoms with E-state index in [0.717, 1.165) is 12.2 Å². The van der Waals surface area contributed by atoms with Gasteiger partial charge in [0.2, 0.25) is 10.0 Å². The van der Waals surface area contributed by atoms with Crippen LogP contribution in [0.25, 0.3) is 0 Å². The number of nitrogens with zero attached hydrogens (tertiary/aromatic N) is 1. The predicted molar refractivity (Wildman–Crippen MR) is 91.3 cm³/mol. The monoisotopic (exact) mass is 387 g/mol. The van der Waals surface area contributed by atoms with Gasteiger partial charge in [0.15, 0.2) is 0 Å². The number of benzene rings is 1. The molecule has 0 aromatic heterocycles. The zero-order valence-corrected chi connectivity index (χ0v) is 15.4. The average Bonchev–Trinajstić information content (AvgIpc) is 2.47. The highest BCUT2D eigenvalue weighted by Gasteiger charge is 2.31. The van der Waals surface area contributed by atoms with Crippen molar-refractivity contribution < 1.29 is 8.42 Å². The summed E-state index contributed by atoms with van der Waals surface area (Å²) < 4.78 is 27.1. The van der Waals surface area contributed by atoms with Gasteiger partial charge >= 0.3 is 0 Å². The second-order valence-corrected chi connectivity index (χ2v) is 9.17. The maximum absolute atomic E-state index is 12.8. The number of thioether (sulfide) groups is 1. The lowest BCUT2D eigenvalue weighted by Gasteiger charge is -2.31. The van der Waals surface area contributed by atoms with Gasteiger partial charge in [0.1, 0.15) is 4.90 Å². The summed E-state index contributed by atoms with van der Waals surface area (Å²) in [5.41, 5.74) is 0.569. The van der Waals surface area contributed by atoms with E-state index in [-0.39, 0.29) is 15.8 Å². The van der Waals surface area contributed by atoms with Crippen LogP contribution in [0.2, 0.25) is 10.0 Å². The molecular weight excluding hydrogens is 373 g/mol. The number of sulfonamides is 1. The van der Waals surface area contributed by atoms with Crippen LogP contribution in [-0.2, 0) is 15.9 Å². The highest BCUT2D eigenvalue weighted by atomic mass is 35.5. The Morgan fingerprint density at radius 1 is 1.33 bits per heavy atom. The third-order valence-electron chi connectivity index (χ3n) is 3.42. The molecule has 1 saturated heterocycles. The topological polar surface area (TPSA) is 37.4 Å². The first kappa shape index (κ1) is 17.7. The predicted octanol–water partition coefficient (Wildman–Crippen LogP) is 4.25. The smallest absolute Gasteiger partial charge is 0.207 e. The Kier molecular flexibility index (Phi) is 6.14. The van der Waals surface area contributed by atoms with E-state index in [1.807, 2.05) is 11.8 Å². The minimum atomic E-state index is -3.61. The Hall–Kier alpha value is 0.350. The second kappa shape index (κ2) is 7.28. The van der Waals surface area contributed by atoms with Gasteiger partial charge in [0.25, 0.3) is 0 Å². The largest absolute Gasteiger partial charge is 0.244 e. The Labute approximate surface area is 145 Å². The fraction of sp³-hybridized carbons (Fsp3) is 0.538. The molecule has 3 nitrogen and oxygen atoms in total. The molecule has 1 unspecified atom stereocenters. The van der Waals surface area contributed by atoms with Crippen molar-refractivity contribution in [2.75, 3.05) is 18.8 Å². The van der Waals surface area contributed by atoms with Gasteiger partial charge in [-0.1, -0.05) is 30.1 Å². The van der Waals surface area contributed by atoms with Gasteiger partial charge in [-0.05, 0) is 24.1 Å². The van der Waals surface area contributed by atoms with Crippen LogP contribution in [0, 0.1) is 0 Å². The molecule has 0 amide bonds. The third-order valence-corrected chi connectivity index (χ3v) is 7.76. The van der Waals surface area contributed by atoms with Gasteiger partial charge in [-0.25, -0.2) is 8.42 Å². The first-order chi connectivity index (χ1) is 9.90. The Morgan fingerprint density at radius 3 is 2.67 bits per heavy atom. The maximum atomic E-state index is 12.8. The molecule has 1 fully saturated rings. The summed E-state index contributed by atoms with van der Waals surface area (Å²) in [4.78, 5) is 0.0889. The van der Waals surface area contributed by atoms with Gasteiger partial charge in [0.05, 0.1) is 5.02 Å². The van der Waals surface area contributed by atoms with E-state index in [4.69, 9.17) is 34.8 Å². The first-order valence-electron chi connectivity index (χ1n) is 6.55. The molecule has 0 radical (unpaired) electrons. The van der Waals surface area contributed by atoms with E-state index in [1.165, 1.54) is 16.4 Å². The summed E-state index contributed by atoms with van der Waals surface area (Å²) in [6, 6.07) is 2.93. The lowest BCUT2D eigenvalue weighted by molar-refractivity contribution is 0.416. The average molecular weight is 389 g/mol. The molecule has 1 aromatic carbocycles. The standard InChI is InChI=1S/C13H16Cl3NO2S2/c1-2-10-8-17(3-4-20-10)21(18,19)13-5-9(7-14)11(15)6-12(13)16/h5-6,10H,2-4,7-8H2,1H3. The first-order valence-corrected chi connectivity index (χ1v) is 10.3. The number of halogens is 3. The van der Waals surface area contributed by atoms with Gasteiger partial charge in [0, 0.05) is 35.0 Å². The SMILES string of the molecule is CCC1CN(S(=O)(=O)c2cc(CCl)c(Cl)cc2Cl)CCS1. The molecule has 1 aliphatic heterocycles. The molecule has 2 rings (SSSR count). The van der Waals surface area contributed by atoms with Crippen LogP contribution in [0.5, 0.6) is 0 Å². The molecular formula is C13H16Cl3NO2S2. The van der Waals surface area contributed by atoms with Crippen molar-refractivity contribution in [1.29, 1.82) is 0 Å². The van der Waals surface area contributed by atoms with Crippen molar-refractivity contribution in [3.63, 3.8) is 0 Å². The number of hydrogen-bond acceptors (Lipinski definition) is 3. The van der Waals surface area contributed by atoms with Gasteiger partial charge in [-0.2, -0.15) is 16.1 Å². The Morgan fingerprint density at radius 2 is 2.05 bits per heavy atom. The highest BCUT2D eigenvalue weighted by Crippen LogP contribution is 2.33. The van der Waals surface area contributed by atoms with E-state index in [9.17, 15) is 8.42 Å². The number of alkyl halides is 1. The van der Waals surface area contributed by atoms with Crippen molar-refractivity contribution in [3.05, 3.63) is 27.7 Å². The molecule has 0 bridgehead atoms. The Bertz CT molecular complexity index is 622. The molecule has 8 heteroatoms. The summed E-state index contributed by atoms with van der Waals surface area (Å²) in [7, 11) is -3.61. The molecule has 0 N–H and O–H groups in total. The van der Waals surface area contributed by atoms with Crippen LogP contribution >= 0.6 is 46.6 Å². The molecule has 21 heavy (non-hydrogen) atoms. The summed E-state index contributed by atoms with van der Waals surface area (Å²) >= 11 is 19.7. The molecule has 0 saturated carbocycles. The molecule has 1 atom stereocenters. The third kappa shape index (κ3) is 3.82. The van der Waals surface area contributed by atoms with Gasteiger partial charge in [-0.3, -0.25) is 0 Å². The minimum Gasteiger partial charge on any atom is -0.207 e. The summed E-state index contributed by atoms with van der Waals surface area (Å²) in [6.07, 6.45) is 0.942. The van der Waals surface area contributed by atoms with Crippen molar-refractivity contribution in [2.24, 2.45) is 0 Å². The molecule has 1 aliphatic rings. The van der Waals surface area contributed by atoms with Crippen LogP contribution in [0.3, 0.4) is 0 Å². The summed E-state index contributed by atoms with van der Waals surface area (Å²) in [6.45, 7) is 3.08. The van der Waals surface area contributed by atoms with Crippen molar-refractivity contribution in [3.8, 4) is 0 Å². The van der Waals surface area contributed by atoms with Crippen molar-refractivity contribution >= 4 is 56.6 Å². The zero-order valence-electron chi connectivity index (χ0n) is 11.5. The summed E-state index contributed by atoms with van der Waals surface area (Å²) in [5, 5.41) is 0.849. The lowest BCUT2D eigenvalue weighted by atomic mass is 10.2. The van der Waals surface area contributed by atoms with Crippen LogP contribution in [0.15, 0.2) is 17.0 Å². The normalized spacial score (nSPS) is 20.7. The quantitative estimate of drug-likeness (QED) is 0.724. The highest BCUT2D eigenvalue weighted by molar-refractivity contribution is 8.00. The fourth-order valence-electron chi connectivity index (χ4n) is 2.17. The fourth-order valence-corrected chi connectivity index (χ4v) is 6.17. The van der Waals surface area contributed by atoms with Crippen LogP contribution in [0.1, 0.15) is 18.9 Å². The van der Waals surface area contributed by atoms with Gasteiger partial charge < -0.3 is 0 Å². The number of hydrogen-bond donors (Lipinski definition) is 0. The van der Waals surface area contributed by atoms with Crippen molar-refractivity contribution in [2.45, 2.75) is 29.4 Å². The Balaban J connectivity index is 2.39. The molecule has 1 heterocycles. The molecule has 1 aromatic rings. The lowest BCUT2D eigenvalue weighted by Crippen LogP contribution is -2.41. The van der Waals surface area contributed by atoms with Crippen LogP contribution < -0.4 is 0 Å². The molecule has 0 aliphatic carbocycles. The van der Waals surface area contributed by atoms with Crippen LogP contribution in [0.4, 0.5) is 0 Å².